The number of fused-ring (bicyclic) bond motifs is 1. The molecule has 30 heavy (non-hydrogen) atoms. The predicted octanol–water partition coefficient (Wildman–Crippen LogP) is 4.11. The molecule has 1 N–H and O–H groups in total. The Labute approximate surface area is 170 Å². The monoisotopic (exact) mass is 406 g/mol. The van der Waals surface area contributed by atoms with Gasteiger partial charge in [0.15, 0.2) is 5.43 Å². The summed E-state index contributed by atoms with van der Waals surface area (Å²) >= 11 is 0. The maximum absolute atomic E-state index is 12.9. The van der Waals surface area contributed by atoms with Gasteiger partial charge in [-0.2, -0.15) is 0 Å². The first-order chi connectivity index (χ1) is 14.5. The summed E-state index contributed by atoms with van der Waals surface area (Å²) < 4.78 is 21.8. The van der Waals surface area contributed by atoms with Gasteiger partial charge in [-0.15, -0.1) is 0 Å². The van der Waals surface area contributed by atoms with Gasteiger partial charge < -0.3 is 23.4 Å². The van der Waals surface area contributed by atoms with Gasteiger partial charge in [0.2, 0.25) is 11.2 Å². The molecule has 0 radical (unpaired) electrons. The Hall–Kier alpha value is -4.00. The lowest BCUT2D eigenvalue weighted by Gasteiger charge is -2.14. The van der Waals surface area contributed by atoms with Gasteiger partial charge in [0.05, 0.1) is 25.3 Å². The number of phenols is 1. The zero-order chi connectivity index (χ0) is 21.4. The van der Waals surface area contributed by atoms with Crippen LogP contribution in [0.25, 0.3) is 33.4 Å². The second kappa shape index (κ2) is 7.44. The van der Waals surface area contributed by atoms with Crippen molar-refractivity contribution in [1.29, 1.82) is 0 Å². The highest BCUT2D eigenvalue weighted by molar-refractivity contribution is 5.95. The molecule has 0 aliphatic carbocycles. The van der Waals surface area contributed by atoms with Crippen molar-refractivity contribution in [3.05, 3.63) is 74.9 Å². The third kappa shape index (κ3) is 3.00. The van der Waals surface area contributed by atoms with Crippen LogP contribution in [0.2, 0.25) is 0 Å². The van der Waals surface area contributed by atoms with Crippen LogP contribution in [-0.2, 0) is 0 Å². The van der Waals surface area contributed by atoms with E-state index in [4.69, 9.17) is 18.3 Å². The van der Waals surface area contributed by atoms with Gasteiger partial charge in [-0.1, -0.05) is 30.3 Å². The van der Waals surface area contributed by atoms with Gasteiger partial charge in [-0.3, -0.25) is 9.59 Å². The highest BCUT2D eigenvalue weighted by Crippen LogP contribution is 2.42. The minimum atomic E-state index is -0.500. The second-order valence-corrected chi connectivity index (χ2v) is 6.58. The number of rotatable bonds is 4. The number of phenolic OH excluding ortho intramolecular Hbond substituents is 1. The number of ether oxygens (including phenoxy) is 2. The average Bonchev–Trinajstić information content (AvgIpc) is 2.75. The highest BCUT2D eigenvalue weighted by atomic mass is 16.5. The molecule has 0 fully saturated rings. The number of hydrogen-bond donors (Lipinski definition) is 1. The molecule has 0 unspecified atom stereocenters. The Bertz CT molecular complexity index is 1360. The summed E-state index contributed by atoms with van der Waals surface area (Å²) in [6.07, 6.45) is 1.20. The van der Waals surface area contributed by atoms with E-state index in [-0.39, 0.29) is 39.4 Å². The summed E-state index contributed by atoms with van der Waals surface area (Å²) in [6.45, 7) is 1.58. The van der Waals surface area contributed by atoms with Gasteiger partial charge in [-0.25, -0.2) is 0 Å². The minimum absolute atomic E-state index is 0.000218. The second-order valence-electron chi connectivity index (χ2n) is 6.58. The molecule has 0 atom stereocenters. The van der Waals surface area contributed by atoms with E-state index in [0.717, 1.165) is 0 Å². The number of hydrogen-bond acceptors (Lipinski definition) is 7. The van der Waals surface area contributed by atoms with Crippen molar-refractivity contribution in [2.75, 3.05) is 14.2 Å². The summed E-state index contributed by atoms with van der Waals surface area (Å²) in [5, 5.41) is 10.9. The largest absolute Gasteiger partial charge is 0.506 e. The molecule has 0 aliphatic rings. The van der Waals surface area contributed by atoms with E-state index in [0.29, 0.717) is 11.3 Å². The van der Waals surface area contributed by atoms with Gasteiger partial charge in [-0.05, 0) is 6.92 Å². The molecular formula is C23H18O7. The van der Waals surface area contributed by atoms with Crippen molar-refractivity contribution in [3.63, 3.8) is 0 Å². The van der Waals surface area contributed by atoms with Crippen molar-refractivity contribution in [3.8, 4) is 39.7 Å². The molecule has 4 rings (SSSR count). The Balaban J connectivity index is 2.04. The molecule has 0 spiro atoms. The molecule has 7 heteroatoms. The molecule has 2 aromatic heterocycles. The van der Waals surface area contributed by atoms with Crippen LogP contribution >= 0.6 is 0 Å². The third-order valence-electron chi connectivity index (χ3n) is 4.83. The highest BCUT2D eigenvalue weighted by Gasteiger charge is 2.24. The van der Waals surface area contributed by atoms with Gasteiger partial charge in [0.25, 0.3) is 0 Å². The molecule has 4 aromatic rings. The zero-order valence-corrected chi connectivity index (χ0v) is 16.5. The Morgan fingerprint density at radius 1 is 1.00 bits per heavy atom. The van der Waals surface area contributed by atoms with Gasteiger partial charge in [0, 0.05) is 17.7 Å². The number of benzene rings is 2. The third-order valence-corrected chi connectivity index (χ3v) is 4.83. The minimum Gasteiger partial charge on any atom is -0.506 e. The van der Waals surface area contributed by atoms with E-state index < -0.39 is 16.6 Å². The van der Waals surface area contributed by atoms with E-state index in [1.165, 1.54) is 32.6 Å². The van der Waals surface area contributed by atoms with Crippen molar-refractivity contribution in [1.82, 2.24) is 0 Å². The summed E-state index contributed by atoms with van der Waals surface area (Å²) in [4.78, 5) is 25.7. The number of aryl methyl sites for hydroxylation is 1. The standard InChI is InChI=1S/C23H18O7/c1-12-23(28-3)21(25)14(11-29-12)19-17(27-2)10-18-20(22(19)26)15(24)9-16(30-18)13-7-5-4-6-8-13/h4-11,26H,1-3H3. The lowest BCUT2D eigenvalue weighted by atomic mass is 10.0. The first kappa shape index (κ1) is 19.3. The zero-order valence-electron chi connectivity index (χ0n) is 16.5. The van der Waals surface area contributed by atoms with E-state index in [1.54, 1.807) is 19.1 Å². The normalized spacial score (nSPS) is 10.9. The van der Waals surface area contributed by atoms with Gasteiger partial charge >= 0.3 is 0 Å². The van der Waals surface area contributed by atoms with Crippen molar-refractivity contribution in [2.45, 2.75) is 6.92 Å². The summed E-state index contributed by atoms with van der Waals surface area (Å²) in [6, 6.07) is 11.9. The molecule has 0 bridgehead atoms. The fourth-order valence-electron chi connectivity index (χ4n) is 3.39. The molecule has 0 aliphatic heterocycles. The van der Waals surface area contributed by atoms with Crippen LogP contribution in [0.3, 0.4) is 0 Å². The Kier molecular flexibility index (Phi) is 4.79. The van der Waals surface area contributed by atoms with Crippen molar-refractivity contribution >= 4 is 11.0 Å². The van der Waals surface area contributed by atoms with Gasteiger partial charge in [0.1, 0.15) is 40.3 Å². The average molecular weight is 406 g/mol. The quantitative estimate of drug-likeness (QED) is 0.544. The Morgan fingerprint density at radius 3 is 2.40 bits per heavy atom. The van der Waals surface area contributed by atoms with Crippen LogP contribution in [0, 0.1) is 6.92 Å². The van der Waals surface area contributed by atoms with Crippen molar-refractivity contribution < 1.29 is 23.4 Å². The summed E-state index contributed by atoms with van der Waals surface area (Å²) in [7, 11) is 2.73. The number of methoxy groups -OCH3 is 2. The lowest BCUT2D eigenvalue weighted by Crippen LogP contribution is -2.11. The van der Waals surface area contributed by atoms with Crippen LogP contribution in [0.1, 0.15) is 5.76 Å². The molecule has 2 aromatic carbocycles. The molecule has 7 nitrogen and oxygen atoms in total. The summed E-state index contributed by atoms with van der Waals surface area (Å²) in [5.74, 6) is 0.347. The summed E-state index contributed by atoms with van der Waals surface area (Å²) in [5.41, 5.74) is -0.0950. The molecule has 0 saturated carbocycles. The van der Waals surface area contributed by atoms with Crippen LogP contribution in [0.5, 0.6) is 17.2 Å². The van der Waals surface area contributed by atoms with Crippen LogP contribution < -0.4 is 20.3 Å². The van der Waals surface area contributed by atoms with Crippen LogP contribution in [0.4, 0.5) is 0 Å². The number of aromatic hydroxyl groups is 1. The molecule has 152 valence electrons. The fourth-order valence-corrected chi connectivity index (χ4v) is 3.39. The smallest absolute Gasteiger partial charge is 0.235 e. The predicted molar refractivity (Wildman–Crippen MR) is 111 cm³/mol. The lowest BCUT2D eigenvalue weighted by molar-refractivity contribution is 0.375. The van der Waals surface area contributed by atoms with Crippen LogP contribution in [0.15, 0.2) is 67.2 Å². The first-order valence-electron chi connectivity index (χ1n) is 9.06. The Morgan fingerprint density at radius 2 is 1.73 bits per heavy atom. The topological polar surface area (TPSA) is 99.1 Å². The first-order valence-corrected chi connectivity index (χ1v) is 9.06. The fraction of sp³-hybridized carbons (Fsp3) is 0.130. The van der Waals surface area contributed by atoms with E-state index in [2.05, 4.69) is 0 Å². The van der Waals surface area contributed by atoms with Crippen LogP contribution in [-0.4, -0.2) is 19.3 Å². The molecule has 0 saturated heterocycles. The SMILES string of the molecule is COc1cc2oc(-c3ccccc3)cc(=O)c2c(O)c1-c1coc(C)c(OC)c1=O. The molecule has 2 heterocycles. The van der Waals surface area contributed by atoms with E-state index >= 15 is 0 Å². The molecule has 0 amide bonds. The maximum atomic E-state index is 12.9. The van der Waals surface area contributed by atoms with Crippen molar-refractivity contribution in [2.24, 2.45) is 0 Å². The molecular weight excluding hydrogens is 388 g/mol. The van der Waals surface area contributed by atoms with E-state index in [9.17, 15) is 14.7 Å². The van der Waals surface area contributed by atoms with E-state index in [1.807, 2.05) is 18.2 Å². The maximum Gasteiger partial charge on any atom is 0.235 e.